The fourth-order valence-corrected chi connectivity index (χ4v) is 2.74. The van der Waals surface area contributed by atoms with Crippen molar-refractivity contribution in [2.75, 3.05) is 25.2 Å². The minimum Gasteiger partial charge on any atom is -0.376 e. The predicted octanol–water partition coefficient (Wildman–Crippen LogP) is 0.968. The van der Waals surface area contributed by atoms with Crippen LogP contribution in [0.15, 0.2) is 0 Å². The maximum atomic E-state index is 11.3. The minimum atomic E-state index is -2.89. The molecule has 96 valence electrons. The van der Waals surface area contributed by atoms with Gasteiger partial charge in [-0.2, -0.15) is 0 Å². The summed E-state index contributed by atoms with van der Waals surface area (Å²) in [6, 6.07) is 0.387. The van der Waals surface area contributed by atoms with Crippen molar-refractivity contribution >= 4 is 9.84 Å². The molecule has 0 aromatic rings. The van der Waals surface area contributed by atoms with E-state index in [-0.39, 0.29) is 17.6 Å². The molecule has 0 heterocycles. The van der Waals surface area contributed by atoms with Crippen LogP contribution in [-0.4, -0.2) is 45.7 Å². The Bertz CT molecular complexity index is 290. The van der Waals surface area contributed by atoms with Crippen molar-refractivity contribution in [1.82, 2.24) is 5.32 Å². The van der Waals surface area contributed by atoms with Crippen LogP contribution >= 0.6 is 0 Å². The van der Waals surface area contributed by atoms with Gasteiger partial charge in [0, 0.05) is 11.8 Å². The molecule has 0 amide bonds. The molecular weight excluding hydrogens is 226 g/mol. The number of hydrogen-bond acceptors (Lipinski definition) is 4. The number of sulfone groups is 1. The van der Waals surface area contributed by atoms with E-state index in [1.807, 2.05) is 7.05 Å². The molecule has 2 atom stereocenters. The highest BCUT2D eigenvalue weighted by molar-refractivity contribution is 7.91. The lowest BCUT2D eigenvalue weighted by molar-refractivity contribution is 0.0154. The molecule has 1 rings (SSSR count). The lowest BCUT2D eigenvalue weighted by atomic mass is 9.92. The van der Waals surface area contributed by atoms with E-state index in [9.17, 15) is 8.42 Å². The number of nitrogens with one attached hydrogen (secondary N) is 1. The molecule has 16 heavy (non-hydrogen) atoms. The first kappa shape index (κ1) is 13.9. The van der Waals surface area contributed by atoms with E-state index in [4.69, 9.17) is 4.74 Å². The molecule has 0 bridgehead atoms. The van der Waals surface area contributed by atoms with Gasteiger partial charge in [-0.25, -0.2) is 8.42 Å². The molecule has 2 unspecified atom stereocenters. The van der Waals surface area contributed by atoms with E-state index in [1.165, 1.54) is 12.8 Å². The molecule has 0 aromatic heterocycles. The first-order valence-electron chi connectivity index (χ1n) is 6.08. The Hall–Kier alpha value is -0.130. The Balaban J connectivity index is 2.30. The van der Waals surface area contributed by atoms with Gasteiger partial charge < -0.3 is 10.1 Å². The van der Waals surface area contributed by atoms with Gasteiger partial charge in [0.15, 0.2) is 9.84 Å². The van der Waals surface area contributed by atoms with Gasteiger partial charge in [0.2, 0.25) is 0 Å². The Kier molecular flexibility index (Phi) is 5.72. The highest BCUT2D eigenvalue weighted by Gasteiger charge is 2.24. The summed E-state index contributed by atoms with van der Waals surface area (Å²) in [7, 11) is -0.950. The fraction of sp³-hybridized carbons (Fsp3) is 1.00. The number of rotatable bonds is 6. The summed E-state index contributed by atoms with van der Waals surface area (Å²) in [5.74, 6) is 0.354. The zero-order valence-corrected chi connectivity index (χ0v) is 11.1. The number of likely N-dealkylation sites (N-methyl/N-ethyl adjacent to an activating group) is 1. The summed E-state index contributed by atoms with van der Waals surface area (Å²) in [4.78, 5) is 0. The van der Waals surface area contributed by atoms with Gasteiger partial charge in [-0.05, 0) is 19.9 Å². The quantitative estimate of drug-likeness (QED) is 0.762. The van der Waals surface area contributed by atoms with Crippen molar-refractivity contribution in [1.29, 1.82) is 0 Å². The molecule has 1 saturated carbocycles. The molecular formula is C11H23NO3S. The topological polar surface area (TPSA) is 55.4 Å². The number of hydrogen-bond donors (Lipinski definition) is 1. The van der Waals surface area contributed by atoms with Gasteiger partial charge in [0.1, 0.15) is 0 Å². The monoisotopic (exact) mass is 249 g/mol. The van der Waals surface area contributed by atoms with Crippen molar-refractivity contribution in [2.24, 2.45) is 0 Å². The summed E-state index contributed by atoms with van der Waals surface area (Å²) in [6.07, 6.45) is 4.77. The SMILES string of the molecule is CCS(=O)(=O)CCOC1CCCCC1NC. The molecule has 0 radical (unpaired) electrons. The maximum absolute atomic E-state index is 11.3. The van der Waals surface area contributed by atoms with Crippen LogP contribution in [0.25, 0.3) is 0 Å². The average molecular weight is 249 g/mol. The third-order valence-electron chi connectivity index (χ3n) is 3.24. The zero-order valence-electron chi connectivity index (χ0n) is 10.2. The first-order chi connectivity index (χ1) is 7.59. The smallest absolute Gasteiger partial charge is 0.152 e. The van der Waals surface area contributed by atoms with Crippen LogP contribution in [0.2, 0.25) is 0 Å². The summed E-state index contributed by atoms with van der Waals surface area (Å²) in [6.45, 7) is 2.01. The lowest BCUT2D eigenvalue weighted by Crippen LogP contribution is -2.42. The van der Waals surface area contributed by atoms with Crippen LogP contribution in [0.4, 0.5) is 0 Å². The van der Waals surface area contributed by atoms with E-state index in [1.54, 1.807) is 6.92 Å². The van der Waals surface area contributed by atoms with Gasteiger partial charge in [-0.1, -0.05) is 19.8 Å². The molecule has 0 aliphatic heterocycles. The molecule has 4 nitrogen and oxygen atoms in total. The second-order valence-corrected chi connectivity index (χ2v) is 6.80. The van der Waals surface area contributed by atoms with E-state index >= 15 is 0 Å². The van der Waals surface area contributed by atoms with Crippen molar-refractivity contribution < 1.29 is 13.2 Å². The molecule has 1 aliphatic rings. The Morgan fingerprint density at radius 2 is 2.00 bits per heavy atom. The van der Waals surface area contributed by atoms with Crippen molar-refractivity contribution in [2.45, 2.75) is 44.8 Å². The molecule has 0 aromatic carbocycles. The second kappa shape index (κ2) is 6.57. The predicted molar refractivity (Wildman–Crippen MR) is 65.4 cm³/mol. The third-order valence-corrected chi connectivity index (χ3v) is 4.91. The fourth-order valence-electron chi connectivity index (χ4n) is 2.10. The standard InChI is InChI=1S/C11H23NO3S/c1-3-16(13,14)9-8-15-11-7-5-4-6-10(11)12-2/h10-12H,3-9H2,1-2H3. The molecule has 0 saturated heterocycles. The van der Waals surface area contributed by atoms with Gasteiger partial charge in [0.25, 0.3) is 0 Å². The van der Waals surface area contributed by atoms with Gasteiger partial charge in [0.05, 0.1) is 18.5 Å². The highest BCUT2D eigenvalue weighted by atomic mass is 32.2. The van der Waals surface area contributed by atoms with Crippen LogP contribution in [0.1, 0.15) is 32.6 Å². The molecule has 1 aliphatic carbocycles. The van der Waals surface area contributed by atoms with Crippen LogP contribution in [-0.2, 0) is 14.6 Å². The molecule has 1 N–H and O–H groups in total. The van der Waals surface area contributed by atoms with Crippen LogP contribution in [0, 0.1) is 0 Å². The Labute approximate surface area is 98.7 Å². The minimum absolute atomic E-state index is 0.149. The molecule has 1 fully saturated rings. The summed E-state index contributed by atoms with van der Waals surface area (Å²) in [5.41, 5.74) is 0. The van der Waals surface area contributed by atoms with E-state index in [2.05, 4.69) is 5.32 Å². The van der Waals surface area contributed by atoms with E-state index in [0.717, 1.165) is 12.8 Å². The summed E-state index contributed by atoms with van der Waals surface area (Å²) < 4.78 is 28.3. The van der Waals surface area contributed by atoms with Gasteiger partial charge in [-0.15, -0.1) is 0 Å². The summed E-state index contributed by atoms with van der Waals surface area (Å²) in [5, 5.41) is 3.24. The van der Waals surface area contributed by atoms with E-state index in [0.29, 0.717) is 12.6 Å². The first-order valence-corrected chi connectivity index (χ1v) is 7.90. The van der Waals surface area contributed by atoms with Crippen LogP contribution < -0.4 is 5.32 Å². The van der Waals surface area contributed by atoms with E-state index < -0.39 is 9.84 Å². The molecule has 0 spiro atoms. The van der Waals surface area contributed by atoms with Gasteiger partial charge >= 0.3 is 0 Å². The zero-order chi connectivity index (χ0) is 12.0. The van der Waals surface area contributed by atoms with Crippen molar-refractivity contribution in [3.05, 3.63) is 0 Å². The highest BCUT2D eigenvalue weighted by Crippen LogP contribution is 2.20. The third kappa shape index (κ3) is 4.39. The van der Waals surface area contributed by atoms with Crippen molar-refractivity contribution in [3.63, 3.8) is 0 Å². The lowest BCUT2D eigenvalue weighted by Gasteiger charge is -2.31. The summed E-state index contributed by atoms with van der Waals surface area (Å²) >= 11 is 0. The number of ether oxygens (including phenoxy) is 1. The molecule has 5 heteroatoms. The second-order valence-electron chi connectivity index (χ2n) is 4.33. The Morgan fingerprint density at radius 3 is 2.62 bits per heavy atom. The van der Waals surface area contributed by atoms with Crippen molar-refractivity contribution in [3.8, 4) is 0 Å². The van der Waals surface area contributed by atoms with Gasteiger partial charge in [-0.3, -0.25) is 0 Å². The normalized spacial score (nSPS) is 26.9. The van der Waals surface area contributed by atoms with Crippen LogP contribution in [0.5, 0.6) is 0 Å². The average Bonchev–Trinajstić information content (AvgIpc) is 2.29. The maximum Gasteiger partial charge on any atom is 0.152 e. The van der Waals surface area contributed by atoms with Crippen LogP contribution in [0.3, 0.4) is 0 Å². The Morgan fingerprint density at radius 1 is 1.31 bits per heavy atom. The largest absolute Gasteiger partial charge is 0.376 e.